The van der Waals surface area contributed by atoms with Crippen LogP contribution in [0.1, 0.15) is 13.3 Å². The molecule has 0 fully saturated rings. The van der Waals surface area contributed by atoms with Gasteiger partial charge in [0.15, 0.2) is 17.5 Å². The third kappa shape index (κ3) is 5.66. The van der Waals surface area contributed by atoms with E-state index in [-0.39, 0.29) is 0 Å². The van der Waals surface area contributed by atoms with Crippen molar-refractivity contribution in [2.45, 2.75) is 13.3 Å². The highest BCUT2D eigenvalue weighted by Gasteiger charge is 2.18. The molecule has 1 aliphatic rings. The molecule has 0 N–H and O–H groups in total. The zero-order chi connectivity index (χ0) is 37.9. The lowest BCUT2D eigenvalue weighted by Crippen LogP contribution is -2.00. The summed E-state index contributed by atoms with van der Waals surface area (Å²) in [5.74, 6) is 2.51. The zero-order valence-electron chi connectivity index (χ0n) is 31.4. The van der Waals surface area contributed by atoms with E-state index in [0.717, 1.165) is 39.8 Å². The van der Waals surface area contributed by atoms with Crippen molar-refractivity contribution in [2.24, 2.45) is 5.92 Å². The molecule has 5 heteroatoms. The molecule has 3 heterocycles. The first-order valence-electron chi connectivity index (χ1n) is 19.6. The molecule has 57 heavy (non-hydrogen) atoms. The van der Waals surface area contributed by atoms with Gasteiger partial charge in [-0.05, 0) is 84.1 Å². The molecule has 1 atom stereocenters. The van der Waals surface area contributed by atoms with Crippen molar-refractivity contribution in [3.05, 3.63) is 188 Å². The number of aromatic nitrogens is 5. The van der Waals surface area contributed by atoms with Crippen molar-refractivity contribution in [3.63, 3.8) is 0 Å². The van der Waals surface area contributed by atoms with Crippen LogP contribution < -0.4 is 0 Å². The van der Waals surface area contributed by atoms with Crippen molar-refractivity contribution in [1.82, 2.24) is 24.1 Å². The molecule has 0 radical (unpaired) electrons. The fourth-order valence-electron chi connectivity index (χ4n) is 8.44. The van der Waals surface area contributed by atoms with Crippen LogP contribution in [0.15, 0.2) is 188 Å². The number of allylic oxidation sites excluding steroid dienone is 4. The quantitative estimate of drug-likeness (QED) is 0.171. The molecule has 0 aliphatic heterocycles. The third-order valence-corrected chi connectivity index (χ3v) is 11.3. The molecule has 7 aromatic carbocycles. The highest BCUT2D eigenvalue weighted by Crippen LogP contribution is 2.39. The van der Waals surface area contributed by atoms with Crippen LogP contribution in [0.2, 0.25) is 0 Å². The molecule has 0 saturated heterocycles. The summed E-state index contributed by atoms with van der Waals surface area (Å²) >= 11 is 0. The van der Waals surface area contributed by atoms with E-state index in [4.69, 9.17) is 15.0 Å². The van der Waals surface area contributed by atoms with Gasteiger partial charge in [-0.2, -0.15) is 0 Å². The van der Waals surface area contributed by atoms with Crippen LogP contribution in [0.3, 0.4) is 0 Å². The Balaban J connectivity index is 1.02. The lowest BCUT2D eigenvalue weighted by molar-refractivity contribution is 0.735. The van der Waals surface area contributed by atoms with Gasteiger partial charge in [0, 0.05) is 49.6 Å². The van der Waals surface area contributed by atoms with Crippen molar-refractivity contribution < 1.29 is 0 Å². The summed E-state index contributed by atoms with van der Waals surface area (Å²) in [6.07, 6.45) is 8.03. The zero-order valence-corrected chi connectivity index (χ0v) is 31.4. The van der Waals surface area contributed by atoms with E-state index < -0.39 is 0 Å². The number of rotatable bonds is 6. The highest BCUT2D eigenvalue weighted by molar-refractivity contribution is 6.13. The van der Waals surface area contributed by atoms with Crippen molar-refractivity contribution in [2.75, 3.05) is 0 Å². The molecule has 0 saturated carbocycles. The molecular weight excluding hydrogens is 695 g/mol. The van der Waals surface area contributed by atoms with Gasteiger partial charge in [-0.3, -0.25) is 0 Å². The molecule has 5 nitrogen and oxygen atoms in total. The Kier molecular flexibility index (Phi) is 7.78. The van der Waals surface area contributed by atoms with Crippen molar-refractivity contribution >= 4 is 49.3 Å². The molecule has 0 spiro atoms. The van der Waals surface area contributed by atoms with Gasteiger partial charge in [0.05, 0.1) is 22.1 Å². The Morgan fingerprint density at radius 1 is 0.421 bits per heavy atom. The Morgan fingerprint density at radius 2 is 0.912 bits per heavy atom. The first-order chi connectivity index (χ1) is 28.2. The lowest BCUT2D eigenvalue weighted by atomic mass is 10.0. The first kappa shape index (κ1) is 33.0. The van der Waals surface area contributed by atoms with Crippen LogP contribution in [0, 0.1) is 5.92 Å². The van der Waals surface area contributed by atoms with Gasteiger partial charge in [0.2, 0.25) is 0 Å². The second-order valence-electron chi connectivity index (χ2n) is 15.0. The van der Waals surface area contributed by atoms with Gasteiger partial charge in [0.25, 0.3) is 0 Å². The molecular formula is C52H37N5. The number of hydrogen-bond donors (Lipinski definition) is 0. The summed E-state index contributed by atoms with van der Waals surface area (Å²) in [6.45, 7) is 2.27. The molecule has 270 valence electrons. The maximum absolute atomic E-state index is 4.97. The van der Waals surface area contributed by atoms with E-state index in [9.17, 15) is 0 Å². The Bertz CT molecular complexity index is 3150. The summed E-state index contributed by atoms with van der Waals surface area (Å²) in [4.78, 5) is 14.8. The molecule has 0 bridgehead atoms. The number of fused-ring (bicyclic) bond motifs is 6. The smallest absolute Gasteiger partial charge is 0.164 e. The number of para-hydroxylation sites is 2. The minimum absolute atomic E-state index is 0.564. The topological polar surface area (TPSA) is 48.5 Å². The first-order valence-corrected chi connectivity index (χ1v) is 19.6. The Morgan fingerprint density at radius 3 is 1.54 bits per heavy atom. The monoisotopic (exact) mass is 731 g/mol. The second-order valence-corrected chi connectivity index (χ2v) is 15.0. The Hall–Kier alpha value is -7.37. The second kappa shape index (κ2) is 13.4. The van der Waals surface area contributed by atoms with Crippen molar-refractivity contribution in [3.8, 4) is 51.0 Å². The lowest BCUT2D eigenvalue weighted by Gasteiger charge is -2.15. The maximum Gasteiger partial charge on any atom is 0.164 e. The van der Waals surface area contributed by atoms with E-state index >= 15 is 0 Å². The van der Waals surface area contributed by atoms with Crippen LogP contribution >= 0.6 is 0 Å². The molecule has 10 aromatic rings. The molecule has 0 amide bonds. The molecule has 1 aliphatic carbocycles. The average molecular weight is 732 g/mol. The predicted octanol–water partition coefficient (Wildman–Crippen LogP) is 13.2. The van der Waals surface area contributed by atoms with Gasteiger partial charge < -0.3 is 9.13 Å². The minimum atomic E-state index is 0.564. The Labute approximate surface area is 330 Å². The molecule has 0 unspecified atom stereocenters. The largest absolute Gasteiger partial charge is 0.310 e. The highest BCUT2D eigenvalue weighted by atomic mass is 15.0. The summed E-state index contributed by atoms with van der Waals surface area (Å²) in [6, 6.07) is 60.1. The summed E-state index contributed by atoms with van der Waals surface area (Å²) in [5, 5.41) is 4.97. The van der Waals surface area contributed by atoms with Gasteiger partial charge in [-0.25, -0.2) is 15.0 Å². The number of nitrogens with zero attached hydrogens (tertiary/aromatic N) is 5. The van der Waals surface area contributed by atoms with Crippen LogP contribution in [0.5, 0.6) is 0 Å². The molecule has 3 aromatic heterocycles. The van der Waals surface area contributed by atoms with Gasteiger partial charge in [-0.1, -0.05) is 134 Å². The fourth-order valence-corrected chi connectivity index (χ4v) is 8.44. The maximum atomic E-state index is 4.97. The van der Waals surface area contributed by atoms with E-state index in [0.29, 0.717) is 23.4 Å². The summed E-state index contributed by atoms with van der Waals surface area (Å²) in [7, 11) is 0. The van der Waals surface area contributed by atoms with Gasteiger partial charge in [0.1, 0.15) is 0 Å². The number of hydrogen-bond acceptors (Lipinski definition) is 3. The number of benzene rings is 7. The fraction of sp³-hybridized carbons (Fsp3) is 0.0577. The normalized spacial score (nSPS) is 14.2. The van der Waals surface area contributed by atoms with Crippen LogP contribution in [-0.4, -0.2) is 24.1 Å². The average Bonchev–Trinajstić information content (AvgIpc) is 3.79. The molecule has 11 rings (SSSR count). The van der Waals surface area contributed by atoms with Crippen molar-refractivity contribution in [1.29, 1.82) is 0 Å². The van der Waals surface area contributed by atoms with Crippen LogP contribution in [-0.2, 0) is 0 Å². The van der Waals surface area contributed by atoms with Crippen LogP contribution in [0.25, 0.3) is 100 Å². The summed E-state index contributed by atoms with van der Waals surface area (Å²) in [5.41, 5.74) is 12.3. The SMILES string of the molecule is C[C@@H]1C=CC(n2c3ccccc3c3cc(-c4ccc5c6ccccc6n(-c6ccc(-c7nc(-c8ccccc8)nc(-c8ccccc8)n7)cc6)c5c4)ccc32)=CC1. The van der Waals surface area contributed by atoms with E-state index in [2.05, 4.69) is 143 Å². The van der Waals surface area contributed by atoms with Gasteiger partial charge >= 0.3 is 0 Å². The summed E-state index contributed by atoms with van der Waals surface area (Å²) < 4.78 is 4.80. The standard InChI is InChI=1S/C52H37N5/c1-34-20-26-40(27-21-34)56-47-19-11-9-17-43(47)45-32-38(25-31-48(45)56)39-24-30-44-42-16-8-10-18-46(42)57(49(44)33-39)41-28-22-37(23-29-41)52-54-50(35-12-4-2-5-13-35)53-51(55-52)36-14-6-3-7-15-36/h2-20,22-34H,21H2,1H3/t34-/m1/s1. The van der Waals surface area contributed by atoms with E-state index in [1.54, 1.807) is 0 Å². The van der Waals surface area contributed by atoms with Gasteiger partial charge in [-0.15, -0.1) is 0 Å². The predicted molar refractivity (Wildman–Crippen MR) is 236 cm³/mol. The van der Waals surface area contributed by atoms with E-state index in [1.165, 1.54) is 49.4 Å². The minimum Gasteiger partial charge on any atom is -0.310 e. The van der Waals surface area contributed by atoms with E-state index in [1.807, 2.05) is 60.7 Å². The van der Waals surface area contributed by atoms with Crippen LogP contribution in [0.4, 0.5) is 0 Å². The third-order valence-electron chi connectivity index (χ3n) is 11.3.